The number of ether oxygens (including phenoxy) is 1. The van der Waals surface area contributed by atoms with Gasteiger partial charge >= 0.3 is 0 Å². The van der Waals surface area contributed by atoms with E-state index in [1.165, 1.54) is 5.56 Å². The Balaban J connectivity index is 2.00. The van der Waals surface area contributed by atoms with E-state index in [0.717, 1.165) is 25.9 Å². The second-order valence-electron chi connectivity index (χ2n) is 4.67. The van der Waals surface area contributed by atoms with Gasteiger partial charge in [-0.3, -0.25) is 4.90 Å². The number of thiocarbonyl (C=S) groups is 1. The number of anilines is 1. The third-order valence-electron chi connectivity index (χ3n) is 3.17. The molecule has 0 unspecified atom stereocenters. The number of nitrogens with zero attached hydrogens (tertiary/aromatic N) is 1. The topological polar surface area (TPSA) is 12.5 Å². The van der Waals surface area contributed by atoms with Crippen molar-refractivity contribution in [3.8, 4) is 5.75 Å². The maximum absolute atomic E-state index is 5.80. The van der Waals surface area contributed by atoms with E-state index in [-0.39, 0.29) is 0 Å². The molecule has 0 aliphatic carbocycles. The van der Waals surface area contributed by atoms with Crippen LogP contribution in [0.25, 0.3) is 0 Å². The van der Waals surface area contributed by atoms with Gasteiger partial charge in [-0.1, -0.05) is 33.6 Å². The van der Waals surface area contributed by atoms with Crippen molar-refractivity contribution in [2.24, 2.45) is 0 Å². The Morgan fingerprint density at radius 3 is 2.55 bits per heavy atom. The molecule has 0 fully saturated rings. The van der Waals surface area contributed by atoms with Crippen LogP contribution in [-0.4, -0.2) is 5.17 Å². The Hall–Kier alpha value is -0.910. The van der Waals surface area contributed by atoms with Crippen molar-refractivity contribution >= 4 is 54.9 Å². The molecule has 0 saturated carbocycles. The van der Waals surface area contributed by atoms with Gasteiger partial charge in [-0.15, -0.1) is 0 Å². The minimum absolute atomic E-state index is 0.476. The highest BCUT2D eigenvalue weighted by Crippen LogP contribution is 2.37. The van der Waals surface area contributed by atoms with Gasteiger partial charge in [0.05, 0.1) is 11.0 Å². The highest BCUT2D eigenvalue weighted by Gasteiger charge is 2.25. The molecule has 0 bridgehead atoms. The fourth-order valence-corrected chi connectivity index (χ4v) is 3.79. The van der Waals surface area contributed by atoms with Gasteiger partial charge in [-0.25, -0.2) is 0 Å². The number of hydrogen-bond acceptors (Lipinski definition) is 2. The van der Waals surface area contributed by atoms with E-state index in [2.05, 4.69) is 69.1 Å². The first-order chi connectivity index (χ1) is 9.54. The highest BCUT2D eigenvalue weighted by molar-refractivity contribution is 9.11. The minimum atomic E-state index is 0.476. The molecule has 2 nitrogen and oxygen atoms in total. The van der Waals surface area contributed by atoms with E-state index in [1.54, 1.807) is 0 Å². The van der Waals surface area contributed by atoms with E-state index in [9.17, 15) is 0 Å². The summed E-state index contributed by atoms with van der Waals surface area (Å²) >= 11 is 12.4. The van der Waals surface area contributed by atoms with Crippen LogP contribution < -0.4 is 9.64 Å². The lowest BCUT2D eigenvalue weighted by molar-refractivity contribution is 0.514. The van der Waals surface area contributed by atoms with Crippen molar-refractivity contribution < 1.29 is 4.74 Å². The Kier molecular flexibility index (Phi) is 3.84. The molecule has 20 heavy (non-hydrogen) atoms. The Bertz CT molecular complexity index is 685. The summed E-state index contributed by atoms with van der Waals surface area (Å²) in [5.41, 5.74) is 3.37. The van der Waals surface area contributed by atoms with Crippen molar-refractivity contribution in [2.75, 3.05) is 4.90 Å². The predicted molar refractivity (Wildman–Crippen MR) is 92.4 cm³/mol. The first-order valence-corrected chi connectivity index (χ1v) is 8.08. The Morgan fingerprint density at radius 2 is 1.85 bits per heavy atom. The van der Waals surface area contributed by atoms with E-state index >= 15 is 0 Å². The monoisotopic (exact) mass is 411 g/mol. The van der Waals surface area contributed by atoms with Gasteiger partial charge in [0.1, 0.15) is 5.75 Å². The van der Waals surface area contributed by atoms with Gasteiger partial charge in [-0.05, 0) is 59.3 Å². The summed E-state index contributed by atoms with van der Waals surface area (Å²) in [6.45, 7) is 2.77. The first kappa shape index (κ1) is 14.0. The van der Waals surface area contributed by atoms with Crippen molar-refractivity contribution in [3.63, 3.8) is 0 Å². The zero-order chi connectivity index (χ0) is 14.3. The molecular weight excluding hydrogens is 402 g/mol. The number of aryl methyl sites for hydroxylation is 1. The minimum Gasteiger partial charge on any atom is -0.430 e. The summed E-state index contributed by atoms with van der Waals surface area (Å²) in [4.78, 5) is 2.00. The summed E-state index contributed by atoms with van der Waals surface area (Å²) in [5.74, 6) is 0.807. The van der Waals surface area contributed by atoms with E-state index in [0.29, 0.717) is 11.7 Å². The van der Waals surface area contributed by atoms with Crippen LogP contribution in [0.3, 0.4) is 0 Å². The molecule has 102 valence electrons. The first-order valence-electron chi connectivity index (χ1n) is 6.08. The van der Waals surface area contributed by atoms with Crippen LogP contribution in [-0.2, 0) is 6.54 Å². The number of hydrogen-bond donors (Lipinski definition) is 0. The number of benzene rings is 2. The molecule has 1 aliphatic heterocycles. The molecule has 0 N–H and O–H groups in total. The second-order valence-corrected chi connectivity index (χ2v) is 6.78. The number of halogens is 2. The fraction of sp³-hybridized carbons (Fsp3) is 0.133. The summed E-state index contributed by atoms with van der Waals surface area (Å²) in [5, 5.41) is 0.476. The van der Waals surface area contributed by atoms with E-state index in [4.69, 9.17) is 17.0 Å². The second kappa shape index (κ2) is 5.47. The van der Waals surface area contributed by atoms with Crippen molar-refractivity contribution in [2.45, 2.75) is 13.5 Å². The Morgan fingerprint density at radius 1 is 1.15 bits per heavy atom. The average molecular weight is 413 g/mol. The largest absolute Gasteiger partial charge is 0.430 e. The molecule has 0 amide bonds. The average Bonchev–Trinajstić information content (AvgIpc) is 2.40. The lowest BCUT2D eigenvalue weighted by atomic mass is 10.1. The molecular formula is C15H11Br2NOS. The third-order valence-corrected chi connectivity index (χ3v) is 4.52. The van der Waals surface area contributed by atoms with Crippen molar-refractivity contribution in [3.05, 3.63) is 56.5 Å². The van der Waals surface area contributed by atoms with Crippen LogP contribution in [0, 0.1) is 6.92 Å². The fourth-order valence-electron chi connectivity index (χ4n) is 2.14. The van der Waals surface area contributed by atoms with Gasteiger partial charge in [0, 0.05) is 15.7 Å². The van der Waals surface area contributed by atoms with E-state index in [1.807, 2.05) is 11.0 Å². The van der Waals surface area contributed by atoms with Crippen molar-refractivity contribution in [1.82, 2.24) is 0 Å². The molecule has 0 saturated heterocycles. The maximum Gasteiger partial charge on any atom is 0.269 e. The normalized spacial score (nSPS) is 13.9. The molecule has 0 spiro atoms. The molecule has 0 atom stereocenters. The van der Waals surface area contributed by atoms with Gasteiger partial charge in [0.25, 0.3) is 5.17 Å². The SMILES string of the molecule is Cc1ccc(N2Cc3cc(Br)cc(Br)c3OC2=S)cc1. The molecule has 5 heteroatoms. The summed E-state index contributed by atoms with van der Waals surface area (Å²) in [6.07, 6.45) is 0. The van der Waals surface area contributed by atoms with Gasteiger partial charge in [-0.2, -0.15) is 0 Å². The molecule has 0 radical (unpaired) electrons. The molecule has 3 rings (SSSR count). The van der Waals surface area contributed by atoms with Crippen LogP contribution in [0.2, 0.25) is 0 Å². The van der Waals surface area contributed by atoms with Gasteiger partial charge in [0.2, 0.25) is 0 Å². The van der Waals surface area contributed by atoms with Crippen molar-refractivity contribution in [1.29, 1.82) is 0 Å². The molecule has 2 aromatic carbocycles. The summed E-state index contributed by atoms with van der Waals surface area (Å²) in [7, 11) is 0. The lowest BCUT2D eigenvalue weighted by Gasteiger charge is -2.31. The quantitative estimate of drug-likeness (QED) is 0.597. The van der Waals surface area contributed by atoms with Gasteiger partial charge in [0.15, 0.2) is 0 Å². The smallest absolute Gasteiger partial charge is 0.269 e. The molecule has 1 aliphatic rings. The zero-order valence-corrected chi connectivity index (χ0v) is 14.7. The molecule has 1 heterocycles. The molecule has 0 aromatic heterocycles. The van der Waals surface area contributed by atoms with Crippen LogP contribution >= 0.6 is 44.1 Å². The maximum atomic E-state index is 5.80. The number of fused-ring (bicyclic) bond motifs is 1. The summed E-state index contributed by atoms with van der Waals surface area (Å²) < 4.78 is 7.73. The number of rotatable bonds is 1. The lowest BCUT2D eigenvalue weighted by Crippen LogP contribution is -2.36. The zero-order valence-electron chi connectivity index (χ0n) is 10.7. The standard InChI is InChI=1S/C15H11Br2NOS/c1-9-2-4-12(5-3-9)18-8-10-6-11(16)7-13(17)14(10)19-15(18)20/h2-7H,8H2,1H3. The third kappa shape index (κ3) is 2.62. The van der Waals surface area contributed by atoms with Crippen LogP contribution in [0.5, 0.6) is 5.75 Å². The van der Waals surface area contributed by atoms with E-state index < -0.39 is 0 Å². The molecule has 2 aromatic rings. The van der Waals surface area contributed by atoms with Crippen LogP contribution in [0.1, 0.15) is 11.1 Å². The van der Waals surface area contributed by atoms with Crippen LogP contribution in [0.15, 0.2) is 45.3 Å². The van der Waals surface area contributed by atoms with Crippen LogP contribution in [0.4, 0.5) is 5.69 Å². The van der Waals surface area contributed by atoms with Gasteiger partial charge < -0.3 is 4.74 Å². The predicted octanol–water partition coefficient (Wildman–Crippen LogP) is 5.20. The Labute approximate surface area is 140 Å². The summed E-state index contributed by atoms with van der Waals surface area (Å²) in [6, 6.07) is 12.3. The highest BCUT2D eigenvalue weighted by atomic mass is 79.9.